The highest BCUT2D eigenvalue weighted by Gasteiger charge is 2.33. The van der Waals surface area contributed by atoms with Gasteiger partial charge in [0.25, 0.3) is 5.56 Å². The van der Waals surface area contributed by atoms with Crippen LogP contribution in [0.1, 0.15) is 51.8 Å². The van der Waals surface area contributed by atoms with Crippen molar-refractivity contribution in [3.63, 3.8) is 0 Å². The molecule has 182 valence electrons. The van der Waals surface area contributed by atoms with Gasteiger partial charge in [0, 0.05) is 10.6 Å². The zero-order valence-corrected chi connectivity index (χ0v) is 21.8. The zero-order valence-electron chi connectivity index (χ0n) is 20.2. The largest absolute Gasteiger partial charge is 0.490 e. The van der Waals surface area contributed by atoms with E-state index in [1.54, 1.807) is 37.5 Å². The van der Waals surface area contributed by atoms with Gasteiger partial charge in [-0.25, -0.2) is 9.79 Å². The molecule has 1 aliphatic heterocycles. The summed E-state index contributed by atoms with van der Waals surface area (Å²) in [4.78, 5) is 32.0. The van der Waals surface area contributed by atoms with E-state index >= 15 is 0 Å². The van der Waals surface area contributed by atoms with Crippen molar-refractivity contribution < 1.29 is 14.3 Å². The van der Waals surface area contributed by atoms with Gasteiger partial charge in [-0.05, 0) is 64.5 Å². The number of para-hydroxylation sites is 1. The van der Waals surface area contributed by atoms with E-state index in [4.69, 9.17) is 21.1 Å². The molecule has 2 aromatic carbocycles. The summed E-state index contributed by atoms with van der Waals surface area (Å²) in [6, 6.07) is 14.0. The Kier molecular flexibility index (Phi) is 7.28. The first-order valence-electron chi connectivity index (χ1n) is 11.4. The van der Waals surface area contributed by atoms with Crippen molar-refractivity contribution >= 4 is 35.0 Å². The molecule has 1 aromatic heterocycles. The smallest absolute Gasteiger partial charge is 0.338 e. The van der Waals surface area contributed by atoms with Gasteiger partial charge in [0.05, 0.1) is 34.1 Å². The first-order chi connectivity index (χ1) is 16.7. The van der Waals surface area contributed by atoms with Crippen LogP contribution in [0.4, 0.5) is 0 Å². The molecular weight excluding hydrogens is 484 g/mol. The zero-order chi connectivity index (χ0) is 25.3. The Morgan fingerprint density at radius 2 is 1.77 bits per heavy atom. The fraction of sp³-hybridized carbons (Fsp3) is 0.296. The molecule has 4 rings (SSSR count). The maximum absolute atomic E-state index is 13.7. The normalized spacial score (nSPS) is 15.9. The van der Waals surface area contributed by atoms with Crippen molar-refractivity contribution in [2.75, 3.05) is 0 Å². The number of benzene rings is 2. The maximum Gasteiger partial charge on any atom is 0.338 e. The molecule has 6 nitrogen and oxygen atoms in total. The number of nitrogens with zero attached hydrogens (tertiary/aromatic N) is 2. The summed E-state index contributed by atoms with van der Waals surface area (Å²) in [5.41, 5.74) is 2.16. The Morgan fingerprint density at radius 3 is 2.43 bits per heavy atom. The number of thiazole rings is 1. The number of rotatable bonds is 6. The van der Waals surface area contributed by atoms with Crippen molar-refractivity contribution in [2.24, 2.45) is 4.99 Å². The van der Waals surface area contributed by atoms with Crippen LogP contribution in [0.15, 0.2) is 69.6 Å². The van der Waals surface area contributed by atoms with E-state index in [2.05, 4.69) is 4.99 Å². The van der Waals surface area contributed by atoms with E-state index in [9.17, 15) is 9.59 Å². The summed E-state index contributed by atoms with van der Waals surface area (Å²) in [5.74, 6) is 0.200. The summed E-state index contributed by atoms with van der Waals surface area (Å²) in [6.45, 7) is 9.26. The molecule has 1 aliphatic rings. The number of esters is 1. The molecule has 0 radical (unpaired) electrons. The van der Waals surface area contributed by atoms with E-state index in [-0.39, 0.29) is 17.8 Å². The van der Waals surface area contributed by atoms with Crippen LogP contribution in [-0.4, -0.2) is 22.7 Å². The molecule has 0 amide bonds. The molecule has 0 saturated heterocycles. The highest BCUT2D eigenvalue weighted by Crippen LogP contribution is 2.31. The Labute approximate surface area is 212 Å². The maximum atomic E-state index is 13.7. The molecule has 0 unspecified atom stereocenters. The van der Waals surface area contributed by atoms with Crippen LogP contribution in [0.5, 0.6) is 5.75 Å². The number of hydrogen-bond acceptors (Lipinski definition) is 6. The third kappa shape index (κ3) is 5.26. The topological polar surface area (TPSA) is 69.9 Å². The molecule has 3 aromatic rings. The Bertz CT molecular complexity index is 1470. The van der Waals surface area contributed by atoms with E-state index in [1.807, 2.05) is 56.3 Å². The fourth-order valence-corrected chi connectivity index (χ4v) is 5.09. The molecule has 0 N–H and O–H groups in total. The van der Waals surface area contributed by atoms with Crippen molar-refractivity contribution in [1.29, 1.82) is 0 Å². The molecule has 0 aliphatic carbocycles. The van der Waals surface area contributed by atoms with Crippen molar-refractivity contribution in [3.8, 4) is 5.75 Å². The molecule has 0 fully saturated rings. The van der Waals surface area contributed by atoms with E-state index in [1.165, 1.54) is 11.3 Å². The predicted molar refractivity (Wildman–Crippen MR) is 139 cm³/mol. The third-order valence-corrected chi connectivity index (χ3v) is 6.57. The van der Waals surface area contributed by atoms with E-state index in [0.29, 0.717) is 31.4 Å². The molecular formula is C27H27ClN2O4S. The van der Waals surface area contributed by atoms with Gasteiger partial charge in [0.15, 0.2) is 4.80 Å². The minimum absolute atomic E-state index is 0.00662. The molecule has 2 heterocycles. The number of carbonyl (C=O) groups excluding carboxylic acids is 1. The number of fused-ring (bicyclic) bond motifs is 1. The van der Waals surface area contributed by atoms with Gasteiger partial charge in [-0.2, -0.15) is 0 Å². The molecule has 35 heavy (non-hydrogen) atoms. The lowest BCUT2D eigenvalue weighted by atomic mass is 9.96. The summed E-state index contributed by atoms with van der Waals surface area (Å²) >= 11 is 7.40. The first-order valence-corrected chi connectivity index (χ1v) is 12.6. The van der Waals surface area contributed by atoms with Crippen molar-refractivity contribution in [1.82, 2.24) is 4.57 Å². The standard InChI is InChI=1S/C27H27ClN2O4S/c1-15(2)33-21-9-7-6-8-19(21)14-22-25(31)30-24(18-10-12-20(28)13-11-18)23(26(32)34-16(3)4)17(5)29-27(30)35-22/h6-16,24H,1-5H3/b22-14-/t24-/m1/s1. The summed E-state index contributed by atoms with van der Waals surface area (Å²) < 4.78 is 13.5. The Morgan fingerprint density at radius 1 is 1.09 bits per heavy atom. The van der Waals surface area contributed by atoms with Gasteiger partial charge < -0.3 is 9.47 Å². The van der Waals surface area contributed by atoms with E-state index in [0.717, 1.165) is 11.1 Å². The van der Waals surface area contributed by atoms with Crippen molar-refractivity contribution in [3.05, 3.63) is 95.6 Å². The van der Waals surface area contributed by atoms with Gasteiger partial charge >= 0.3 is 5.97 Å². The van der Waals surface area contributed by atoms with Gasteiger partial charge in [-0.15, -0.1) is 0 Å². The molecule has 0 bridgehead atoms. The summed E-state index contributed by atoms with van der Waals surface area (Å²) in [7, 11) is 0. The second kappa shape index (κ2) is 10.2. The first kappa shape index (κ1) is 24.9. The lowest BCUT2D eigenvalue weighted by Gasteiger charge is -2.25. The molecule has 1 atom stereocenters. The lowest BCUT2D eigenvalue weighted by Crippen LogP contribution is -2.40. The van der Waals surface area contributed by atoms with Crippen LogP contribution in [0.2, 0.25) is 5.02 Å². The van der Waals surface area contributed by atoms with Crippen LogP contribution in [-0.2, 0) is 9.53 Å². The summed E-state index contributed by atoms with van der Waals surface area (Å²) in [5, 5.41) is 0.565. The van der Waals surface area contributed by atoms with Gasteiger partial charge in [0.1, 0.15) is 5.75 Å². The average Bonchev–Trinajstić information content (AvgIpc) is 3.08. The van der Waals surface area contributed by atoms with E-state index < -0.39 is 12.0 Å². The number of carbonyl (C=O) groups is 1. The van der Waals surface area contributed by atoms with Crippen LogP contribution in [0.25, 0.3) is 6.08 Å². The second-order valence-corrected chi connectivity index (χ2v) is 10.2. The molecule has 0 saturated carbocycles. The van der Waals surface area contributed by atoms with Gasteiger partial charge in [0.2, 0.25) is 0 Å². The third-order valence-electron chi connectivity index (χ3n) is 5.34. The number of halogens is 1. The SMILES string of the molecule is CC1=C(C(=O)OC(C)C)[C@@H](c2ccc(Cl)cc2)n2c(s/c(=C\c3ccccc3OC(C)C)c2=O)=N1. The summed E-state index contributed by atoms with van der Waals surface area (Å²) in [6.07, 6.45) is 1.50. The predicted octanol–water partition coefficient (Wildman–Crippen LogP) is 4.63. The minimum atomic E-state index is -0.681. The van der Waals surface area contributed by atoms with Crippen LogP contribution in [0, 0.1) is 0 Å². The van der Waals surface area contributed by atoms with Crippen LogP contribution in [0.3, 0.4) is 0 Å². The highest BCUT2D eigenvalue weighted by atomic mass is 35.5. The second-order valence-electron chi connectivity index (χ2n) is 8.79. The van der Waals surface area contributed by atoms with Crippen molar-refractivity contribution in [2.45, 2.75) is 52.9 Å². The number of ether oxygens (including phenoxy) is 2. The fourth-order valence-electron chi connectivity index (χ4n) is 3.92. The quantitative estimate of drug-likeness (QED) is 0.453. The molecule has 0 spiro atoms. The van der Waals surface area contributed by atoms with Gasteiger partial charge in [-0.3, -0.25) is 9.36 Å². The number of hydrogen-bond donors (Lipinski definition) is 0. The van der Waals surface area contributed by atoms with Crippen LogP contribution >= 0.6 is 22.9 Å². The molecule has 8 heteroatoms. The number of aromatic nitrogens is 1. The highest BCUT2D eigenvalue weighted by molar-refractivity contribution is 7.07. The lowest BCUT2D eigenvalue weighted by molar-refractivity contribution is -0.143. The monoisotopic (exact) mass is 510 g/mol. The Hall–Kier alpha value is -3.16. The number of allylic oxidation sites excluding steroid dienone is 1. The Balaban J connectivity index is 1.93. The van der Waals surface area contributed by atoms with Crippen LogP contribution < -0.4 is 19.6 Å². The average molecular weight is 511 g/mol. The minimum Gasteiger partial charge on any atom is -0.490 e. The van der Waals surface area contributed by atoms with Gasteiger partial charge in [-0.1, -0.05) is 53.3 Å².